The van der Waals surface area contributed by atoms with Gasteiger partial charge in [0.25, 0.3) is 5.91 Å². The zero-order valence-corrected chi connectivity index (χ0v) is 15.7. The first-order valence-electron chi connectivity index (χ1n) is 9.75. The number of rotatable bonds is 3. The minimum absolute atomic E-state index is 0.148. The Hall–Kier alpha value is -2.27. The first-order valence-corrected chi connectivity index (χ1v) is 9.75. The number of aromatic nitrogens is 1. The zero-order valence-electron chi connectivity index (χ0n) is 15.7. The van der Waals surface area contributed by atoms with Crippen LogP contribution in [0.25, 0.3) is 11.1 Å². The summed E-state index contributed by atoms with van der Waals surface area (Å²) in [6.45, 7) is 4.20. The summed E-state index contributed by atoms with van der Waals surface area (Å²) in [4.78, 5) is 19.2. The van der Waals surface area contributed by atoms with Crippen LogP contribution in [0.1, 0.15) is 43.0 Å². The number of aryl methyl sites for hydroxylation is 1. The molecule has 4 nitrogen and oxygen atoms in total. The second-order valence-electron chi connectivity index (χ2n) is 7.53. The minimum atomic E-state index is -0.233. The normalized spacial score (nSPS) is 20.8. The lowest BCUT2D eigenvalue weighted by Gasteiger charge is -2.33. The fourth-order valence-electron chi connectivity index (χ4n) is 4.08. The Morgan fingerprint density at radius 2 is 1.85 bits per heavy atom. The number of pyridine rings is 1. The van der Waals surface area contributed by atoms with Crippen LogP contribution in [0.5, 0.6) is 0 Å². The first-order chi connectivity index (χ1) is 13.1. The van der Waals surface area contributed by atoms with E-state index in [0.717, 1.165) is 61.3 Å². The van der Waals surface area contributed by atoms with Crippen LogP contribution < -0.4 is 0 Å². The molecule has 142 valence electrons. The van der Waals surface area contributed by atoms with E-state index in [1.807, 2.05) is 17.9 Å². The molecule has 2 aliphatic rings. The Morgan fingerprint density at radius 3 is 2.52 bits per heavy atom. The number of hydrogen-bond acceptors (Lipinski definition) is 3. The molecule has 0 saturated carbocycles. The maximum Gasteiger partial charge on any atom is 0.251 e. The van der Waals surface area contributed by atoms with Gasteiger partial charge in [-0.3, -0.25) is 9.78 Å². The maximum atomic E-state index is 13.2. The summed E-state index contributed by atoms with van der Waals surface area (Å²) < 4.78 is 18.8. The van der Waals surface area contributed by atoms with Crippen LogP contribution in [0.2, 0.25) is 0 Å². The SMILES string of the molecule is Cc1cc(-c2ccc(F)cc2)cc(C2CCN(C(=O)[C@@H]3CCCO3)CC2)n1. The van der Waals surface area contributed by atoms with Gasteiger partial charge in [0, 0.05) is 37.0 Å². The van der Waals surface area contributed by atoms with Crippen LogP contribution >= 0.6 is 0 Å². The second kappa shape index (κ2) is 7.77. The fraction of sp³-hybridized carbons (Fsp3) is 0.455. The van der Waals surface area contributed by atoms with Gasteiger partial charge in [0.1, 0.15) is 11.9 Å². The van der Waals surface area contributed by atoms with E-state index in [9.17, 15) is 9.18 Å². The molecule has 5 heteroatoms. The average Bonchev–Trinajstić information content (AvgIpc) is 3.22. The number of halogens is 1. The minimum Gasteiger partial charge on any atom is -0.368 e. The Morgan fingerprint density at radius 1 is 1.11 bits per heavy atom. The van der Waals surface area contributed by atoms with Crippen molar-refractivity contribution >= 4 is 5.91 Å². The Balaban J connectivity index is 1.46. The van der Waals surface area contributed by atoms with Gasteiger partial charge in [0.05, 0.1) is 0 Å². The number of likely N-dealkylation sites (tertiary alicyclic amines) is 1. The lowest BCUT2D eigenvalue weighted by molar-refractivity contribution is -0.142. The van der Waals surface area contributed by atoms with Crippen LogP contribution in [0.3, 0.4) is 0 Å². The smallest absolute Gasteiger partial charge is 0.251 e. The number of ether oxygens (including phenoxy) is 1. The van der Waals surface area contributed by atoms with Gasteiger partial charge in [-0.2, -0.15) is 0 Å². The number of hydrogen-bond donors (Lipinski definition) is 0. The highest BCUT2D eigenvalue weighted by molar-refractivity contribution is 5.81. The number of piperidine rings is 1. The van der Waals surface area contributed by atoms with Gasteiger partial charge in [-0.15, -0.1) is 0 Å². The van der Waals surface area contributed by atoms with E-state index in [0.29, 0.717) is 12.5 Å². The molecule has 0 radical (unpaired) electrons. The van der Waals surface area contributed by atoms with Crippen molar-refractivity contribution < 1.29 is 13.9 Å². The molecule has 0 aliphatic carbocycles. The quantitative estimate of drug-likeness (QED) is 0.820. The van der Waals surface area contributed by atoms with Gasteiger partial charge in [0.15, 0.2) is 0 Å². The summed E-state index contributed by atoms with van der Waals surface area (Å²) in [6.07, 6.45) is 3.42. The predicted octanol–water partition coefficient (Wildman–Crippen LogP) is 4.08. The molecule has 2 aromatic rings. The molecule has 2 aliphatic heterocycles. The highest BCUT2D eigenvalue weighted by atomic mass is 19.1. The molecule has 0 spiro atoms. The molecule has 2 saturated heterocycles. The van der Waals surface area contributed by atoms with E-state index in [1.54, 1.807) is 12.1 Å². The van der Waals surface area contributed by atoms with E-state index in [4.69, 9.17) is 9.72 Å². The molecule has 1 atom stereocenters. The van der Waals surface area contributed by atoms with Crippen molar-refractivity contribution in [1.29, 1.82) is 0 Å². The van der Waals surface area contributed by atoms with E-state index >= 15 is 0 Å². The van der Waals surface area contributed by atoms with Gasteiger partial charge >= 0.3 is 0 Å². The van der Waals surface area contributed by atoms with Crippen LogP contribution in [-0.2, 0) is 9.53 Å². The van der Waals surface area contributed by atoms with E-state index in [-0.39, 0.29) is 17.8 Å². The third-order valence-electron chi connectivity index (χ3n) is 5.58. The summed E-state index contributed by atoms with van der Waals surface area (Å²) in [5.41, 5.74) is 4.09. The molecule has 2 fully saturated rings. The Labute approximate surface area is 159 Å². The third kappa shape index (κ3) is 4.03. The van der Waals surface area contributed by atoms with Crippen molar-refractivity contribution in [3.05, 3.63) is 53.6 Å². The van der Waals surface area contributed by atoms with E-state index in [2.05, 4.69) is 6.07 Å². The lowest BCUT2D eigenvalue weighted by Crippen LogP contribution is -2.43. The molecule has 0 unspecified atom stereocenters. The highest BCUT2D eigenvalue weighted by Gasteiger charge is 2.31. The van der Waals surface area contributed by atoms with Crippen LogP contribution in [0.15, 0.2) is 36.4 Å². The second-order valence-corrected chi connectivity index (χ2v) is 7.53. The summed E-state index contributed by atoms with van der Waals surface area (Å²) in [6, 6.07) is 10.7. The van der Waals surface area contributed by atoms with Crippen LogP contribution in [0.4, 0.5) is 4.39 Å². The molecule has 4 rings (SSSR count). The van der Waals surface area contributed by atoms with Crippen LogP contribution in [-0.4, -0.2) is 41.6 Å². The van der Waals surface area contributed by atoms with Gasteiger partial charge in [-0.05, 0) is 68.0 Å². The molecular weight excluding hydrogens is 343 g/mol. The van der Waals surface area contributed by atoms with Crippen molar-refractivity contribution in [2.24, 2.45) is 0 Å². The van der Waals surface area contributed by atoms with Crippen molar-refractivity contribution in [1.82, 2.24) is 9.88 Å². The van der Waals surface area contributed by atoms with Crippen molar-refractivity contribution in [2.45, 2.75) is 44.6 Å². The van der Waals surface area contributed by atoms with Crippen molar-refractivity contribution in [3.63, 3.8) is 0 Å². The molecule has 27 heavy (non-hydrogen) atoms. The van der Waals surface area contributed by atoms with E-state index in [1.165, 1.54) is 12.1 Å². The van der Waals surface area contributed by atoms with Crippen LogP contribution in [0, 0.1) is 12.7 Å². The van der Waals surface area contributed by atoms with E-state index < -0.39 is 0 Å². The topological polar surface area (TPSA) is 42.4 Å². The largest absolute Gasteiger partial charge is 0.368 e. The fourth-order valence-corrected chi connectivity index (χ4v) is 4.08. The number of nitrogens with zero attached hydrogens (tertiary/aromatic N) is 2. The maximum absolute atomic E-state index is 13.2. The molecule has 0 N–H and O–H groups in total. The van der Waals surface area contributed by atoms with Crippen molar-refractivity contribution in [3.8, 4) is 11.1 Å². The highest BCUT2D eigenvalue weighted by Crippen LogP contribution is 2.31. The lowest BCUT2D eigenvalue weighted by atomic mass is 9.91. The van der Waals surface area contributed by atoms with Gasteiger partial charge in [0.2, 0.25) is 0 Å². The van der Waals surface area contributed by atoms with Crippen molar-refractivity contribution in [2.75, 3.05) is 19.7 Å². The zero-order chi connectivity index (χ0) is 18.8. The molecule has 3 heterocycles. The Bertz CT molecular complexity index is 808. The standard InChI is InChI=1S/C22H25FN2O2/c1-15-13-18(16-4-6-19(23)7-5-16)14-20(24-15)17-8-10-25(11-9-17)22(26)21-3-2-12-27-21/h4-7,13-14,17,21H,2-3,8-12H2,1H3/t21-/m0/s1. The summed E-state index contributed by atoms with van der Waals surface area (Å²) in [5, 5.41) is 0. The Kier molecular flexibility index (Phi) is 5.21. The number of amides is 1. The molecule has 0 bridgehead atoms. The molecule has 1 aromatic carbocycles. The number of benzene rings is 1. The summed E-state index contributed by atoms with van der Waals surface area (Å²) >= 11 is 0. The molecule has 1 amide bonds. The van der Waals surface area contributed by atoms with Gasteiger partial charge < -0.3 is 9.64 Å². The summed E-state index contributed by atoms with van der Waals surface area (Å²) in [5.74, 6) is 0.265. The van der Waals surface area contributed by atoms with Gasteiger partial charge in [-0.1, -0.05) is 12.1 Å². The first kappa shape index (κ1) is 18.1. The number of carbonyl (C=O) groups excluding carboxylic acids is 1. The third-order valence-corrected chi connectivity index (χ3v) is 5.58. The average molecular weight is 368 g/mol. The predicted molar refractivity (Wildman–Crippen MR) is 102 cm³/mol. The molecule has 1 aromatic heterocycles. The number of carbonyl (C=O) groups is 1. The summed E-state index contributed by atoms with van der Waals surface area (Å²) in [7, 11) is 0. The monoisotopic (exact) mass is 368 g/mol. The molecular formula is C22H25FN2O2. The van der Waals surface area contributed by atoms with Gasteiger partial charge in [-0.25, -0.2) is 4.39 Å².